The molecule has 0 heterocycles. The van der Waals surface area contributed by atoms with Crippen molar-refractivity contribution in [2.45, 2.75) is 41.0 Å². The zero-order valence-electron chi connectivity index (χ0n) is 9.36. The molecule has 0 aromatic carbocycles. The van der Waals surface area contributed by atoms with Crippen molar-refractivity contribution < 1.29 is 0 Å². The highest BCUT2D eigenvalue weighted by atomic mass is 31.1. The van der Waals surface area contributed by atoms with E-state index in [0.29, 0.717) is 0 Å². The van der Waals surface area contributed by atoms with Crippen molar-refractivity contribution in [1.29, 1.82) is 0 Å². The first-order chi connectivity index (χ1) is 5.27. The molecule has 0 aliphatic heterocycles. The van der Waals surface area contributed by atoms with E-state index in [2.05, 4.69) is 25.3 Å². The van der Waals surface area contributed by atoms with Gasteiger partial charge in [-0.15, -0.1) is 0 Å². The Morgan fingerprint density at radius 2 is 1.36 bits per heavy atom. The second-order valence-corrected chi connectivity index (χ2v) is 3.91. The van der Waals surface area contributed by atoms with Crippen LogP contribution in [0.25, 0.3) is 0 Å². The van der Waals surface area contributed by atoms with Crippen LogP contribution in [0.1, 0.15) is 41.0 Å². The summed E-state index contributed by atoms with van der Waals surface area (Å²) in [6, 6.07) is 0. The highest BCUT2D eigenvalue weighted by Gasteiger charge is 1.84. The Balaban J connectivity index is -0.000000138. The van der Waals surface area contributed by atoms with Crippen LogP contribution in [0.15, 0.2) is 0 Å². The van der Waals surface area contributed by atoms with Gasteiger partial charge in [0.15, 0.2) is 0 Å². The second kappa shape index (κ2) is 22.4. The van der Waals surface area contributed by atoms with Gasteiger partial charge in [0.05, 0.1) is 0 Å². The van der Waals surface area contributed by atoms with Crippen LogP contribution in [0.2, 0.25) is 0 Å². The molecule has 0 aliphatic carbocycles. The molecule has 0 bridgehead atoms. The van der Waals surface area contributed by atoms with Crippen LogP contribution in [0, 0.1) is 0 Å². The fourth-order valence-electron chi connectivity index (χ4n) is 0.335. The van der Waals surface area contributed by atoms with E-state index < -0.39 is 0 Å². The molecule has 72 valence electrons. The minimum Gasteiger partial charge on any atom is -0.296 e. The Morgan fingerprint density at radius 3 is 1.45 bits per heavy atom. The largest absolute Gasteiger partial charge is 0.296 e. The van der Waals surface area contributed by atoms with Crippen molar-refractivity contribution in [2.75, 3.05) is 19.9 Å². The van der Waals surface area contributed by atoms with E-state index in [0.717, 1.165) is 0 Å². The summed E-state index contributed by atoms with van der Waals surface area (Å²) in [5.41, 5.74) is 0. The first kappa shape index (κ1) is 17.5. The van der Waals surface area contributed by atoms with Crippen LogP contribution in [-0.2, 0) is 0 Å². The molecule has 0 aliphatic rings. The predicted octanol–water partition coefficient (Wildman–Crippen LogP) is 3.69. The van der Waals surface area contributed by atoms with E-state index in [4.69, 9.17) is 0 Å². The first-order valence-electron chi connectivity index (χ1n) is 4.68. The van der Waals surface area contributed by atoms with Gasteiger partial charge in [-0.05, 0) is 34.4 Å². The molecule has 0 spiro atoms. The van der Waals surface area contributed by atoms with E-state index in [1.807, 2.05) is 27.7 Å². The summed E-state index contributed by atoms with van der Waals surface area (Å²) in [4.78, 5) is 0. The Bertz CT molecular complexity index is 38.5. The van der Waals surface area contributed by atoms with Gasteiger partial charge in [-0.1, -0.05) is 34.6 Å². The summed E-state index contributed by atoms with van der Waals surface area (Å²) in [7, 11) is 0.144. The van der Waals surface area contributed by atoms with Gasteiger partial charge in [0.25, 0.3) is 0 Å². The molecule has 0 radical (unpaired) electrons. The van der Waals surface area contributed by atoms with Crippen LogP contribution in [-0.4, -0.2) is 19.9 Å². The maximum Gasteiger partial charge on any atom is -0.00128 e. The Kier molecular flexibility index (Phi) is 35.6. The van der Waals surface area contributed by atoms with Crippen LogP contribution in [0.4, 0.5) is 0 Å². The van der Waals surface area contributed by atoms with Crippen LogP contribution in [0.5, 0.6) is 0 Å². The average Bonchev–Trinajstić information content (AvgIpc) is 2.08. The third kappa shape index (κ3) is 37.9. The van der Waals surface area contributed by atoms with Gasteiger partial charge in [0, 0.05) is 0 Å². The fourth-order valence-corrected chi connectivity index (χ4v) is 1.01. The molecule has 0 amide bonds. The van der Waals surface area contributed by atoms with Gasteiger partial charge in [-0.2, -0.15) is 0 Å². The van der Waals surface area contributed by atoms with Gasteiger partial charge in [0.1, 0.15) is 0 Å². The monoisotopic (exact) mass is 179 g/mol. The molecule has 0 fully saturated rings. The summed E-state index contributed by atoms with van der Waals surface area (Å²) < 4.78 is 0. The molecular formula is C9H26NP. The topological polar surface area (TPSA) is 12.0 Å². The lowest BCUT2D eigenvalue weighted by Gasteiger charge is -2.04. The lowest BCUT2D eigenvalue weighted by molar-refractivity contribution is 0.870. The van der Waals surface area contributed by atoms with Crippen molar-refractivity contribution in [3.8, 4) is 0 Å². The zero-order chi connectivity index (χ0) is 9.70. The van der Waals surface area contributed by atoms with E-state index in [1.54, 1.807) is 0 Å². The zero-order valence-corrected chi connectivity index (χ0v) is 10.3. The molecule has 1 N–H and O–H groups in total. The Labute approximate surface area is 74.8 Å². The highest BCUT2D eigenvalue weighted by molar-refractivity contribution is 7.53. The van der Waals surface area contributed by atoms with Gasteiger partial charge in [-0.3, -0.25) is 5.09 Å². The van der Waals surface area contributed by atoms with Gasteiger partial charge < -0.3 is 0 Å². The molecule has 0 aromatic heterocycles. The molecule has 0 saturated heterocycles. The van der Waals surface area contributed by atoms with Crippen molar-refractivity contribution in [3.63, 3.8) is 0 Å². The Hall–Kier alpha value is 0.390. The minimum absolute atomic E-state index is 0.144. The van der Waals surface area contributed by atoms with Crippen molar-refractivity contribution in [1.82, 2.24) is 5.09 Å². The summed E-state index contributed by atoms with van der Waals surface area (Å²) in [6.07, 6.45) is 1.25. The maximum absolute atomic E-state index is 3.36. The number of rotatable bonds is 3. The molecule has 2 heteroatoms. The summed E-state index contributed by atoms with van der Waals surface area (Å²) in [6.45, 7) is 15.8. The lowest BCUT2D eigenvalue weighted by Crippen LogP contribution is -2.05. The van der Waals surface area contributed by atoms with Crippen molar-refractivity contribution in [2.24, 2.45) is 0 Å². The summed E-state index contributed by atoms with van der Waals surface area (Å²) in [5.74, 6) is 0. The molecule has 1 nitrogen and oxygen atoms in total. The van der Waals surface area contributed by atoms with E-state index in [-0.39, 0.29) is 8.07 Å². The minimum atomic E-state index is 0.144. The normalized spacial score (nSPS) is 7.64. The standard InChI is InChI=1S/C5H14NP.2C2H6/c1-4-5-6-7(2)3;2*1-2/h6H,4-5H2,1-3H3;2*1-2H3. The number of nitrogens with one attached hydrogen (secondary N) is 1. The second-order valence-electron chi connectivity index (χ2n) is 1.80. The lowest BCUT2D eigenvalue weighted by atomic mass is 10.5. The fraction of sp³-hybridized carbons (Fsp3) is 1.00. The molecule has 11 heavy (non-hydrogen) atoms. The quantitative estimate of drug-likeness (QED) is 0.651. The van der Waals surface area contributed by atoms with Gasteiger partial charge >= 0.3 is 0 Å². The number of hydrogen-bond donors (Lipinski definition) is 1. The van der Waals surface area contributed by atoms with E-state index in [1.165, 1.54) is 13.0 Å². The maximum atomic E-state index is 3.36. The summed E-state index contributed by atoms with van der Waals surface area (Å²) >= 11 is 0. The summed E-state index contributed by atoms with van der Waals surface area (Å²) in [5, 5.41) is 3.36. The van der Waals surface area contributed by atoms with Crippen molar-refractivity contribution >= 4 is 8.07 Å². The predicted molar refractivity (Wildman–Crippen MR) is 59.8 cm³/mol. The SMILES string of the molecule is CC.CC.CCCNP(C)C. The van der Waals surface area contributed by atoms with Gasteiger partial charge in [-0.25, -0.2) is 0 Å². The van der Waals surface area contributed by atoms with Crippen LogP contribution in [0.3, 0.4) is 0 Å². The van der Waals surface area contributed by atoms with E-state index in [9.17, 15) is 0 Å². The highest BCUT2D eigenvalue weighted by Crippen LogP contribution is 2.15. The van der Waals surface area contributed by atoms with Crippen LogP contribution >= 0.6 is 8.07 Å². The third-order valence-electron chi connectivity index (χ3n) is 0.678. The van der Waals surface area contributed by atoms with E-state index >= 15 is 0 Å². The van der Waals surface area contributed by atoms with Crippen molar-refractivity contribution in [3.05, 3.63) is 0 Å². The third-order valence-corrected chi connectivity index (χ3v) is 1.53. The Morgan fingerprint density at radius 1 is 1.00 bits per heavy atom. The molecule has 0 atom stereocenters. The molecule has 0 unspecified atom stereocenters. The molecule has 0 aromatic rings. The smallest absolute Gasteiger partial charge is 0.00128 e. The average molecular weight is 179 g/mol. The number of hydrogen-bond acceptors (Lipinski definition) is 1. The van der Waals surface area contributed by atoms with Crippen LogP contribution < -0.4 is 5.09 Å². The molecule has 0 rings (SSSR count). The molecule has 0 saturated carbocycles. The van der Waals surface area contributed by atoms with Gasteiger partial charge in [0.2, 0.25) is 0 Å². The molecular weight excluding hydrogens is 153 g/mol. The first-order valence-corrected chi connectivity index (χ1v) is 6.91.